The Morgan fingerprint density at radius 3 is 2.04 bits per heavy atom. The SMILES string of the molecule is CC1(C)C2CC[C@@]3(C)[C@@H](CC[C@@](C)(O)[C@@H]3CO)[C@@]2(C)CC[C@@H]1Br. The maximum Gasteiger partial charge on any atom is 0.0675 e. The number of halogens is 1. The van der Waals surface area contributed by atoms with Gasteiger partial charge in [-0.15, -0.1) is 0 Å². The van der Waals surface area contributed by atoms with Crippen LogP contribution in [0.2, 0.25) is 0 Å². The van der Waals surface area contributed by atoms with Gasteiger partial charge in [-0.3, -0.25) is 0 Å². The van der Waals surface area contributed by atoms with E-state index in [0.717, 1.165) is 25.2 Å². The van der Waals surface area contributed by atoms with Crippen molar-refractivity contribution in [2.75, 3.05) is 6.61 Å². The minimum absolute atomic E-state index is 0.0105. The molecule has 3 aliphatic rings. The Morgan fingerprint density at radius 1 is 0.870 bits per heavy atom. The third kappa shape index (κ3) is 2.39. The van der Waals surface area contributed by atoms with Gasteiger partial charge in [0.1, 0.15) is 0 Å². The summed E-state index contributed by atoms with van der Waals surface area (Å²) >= 11 is 3.96. The Balaban J connectivity index is 2.01. The zero-order chi connectivity index (χ0) is 17.3. The molecule has 1 unspecified atom stereocenters. The first-order valence-corrected chi connectivity index (χ1v) is 10.4. The topological polar surface area (TPSA) is 40.5 Å². The van der Waals surface area contributed by atoms with Gasteiger partial charge < -0.3 is 10.2 Å². The van der Waals surface area contributed by atoms with Gasteiger partial charge in [0.25, 0.3) is 0 Å². The number of rotatable bonds is 1. The van der Waals surface area contributed by atoms with Crippen LogP contribution in [0.5, 0.6) is 0 Å². The van der Waals surface area contributed by atoms with Crippen molar-refractivity contribution >= 4 is 15.9 Å². The van der Waals surface area contributed by atoms with Crippen LogP contribution < -0.4 is 0 Å². The molecular formula is C20H35BrO2. The third-order valence-electron chi connectivity index (χ3n) is 8.67. The van der Waals surface area contributed by atoms with Gasteiger partial charge >= 0.3 is 0 Å². The van der Waals surface area contributed by atoms with E-state index in [1.807, 2.05) is 6.92 Å². The predicted octanol–water partition coefficient (Wildman–Crippen LogP) is 4.76. The summed E-state index contributed by atoms with van der Waals surface area (Å²) in [4.78, 5) is 0.609. The van der Waals surface area contributed by atoms with Gasteiger partial charge in [0.2, 0.25) is 0 Å². The smallest absolute Gasteiger partial charge is 0.0675 e. The molecule has 3 fully saturated rings. The van der Waals surface area contributed by atoms with Crippen molar-refractivity contribution in [1.29, 1.82) is 0 Å². The molecule has 0 aromatic rings. The first kappa shape index (κ1) is 18.2. The number of hydrogen-bond acceptors (Lipinski definition) is 2. The molecule has 2 N–H and O–H groups in total. The largest absolute Gasteiger partial charge is 0.396 e. The zero-order valence-electron chi connectivity index (χ0n) is 15.5. The number of aliphatic hydroxyl groups is 2. The molecular weight excluding hydrogens is 352 g/mol. The molecule has 3 rings (SSSR count). The Hall–Kier alpha value is 0.400. The molecule has 0 aromatic heterocycles. The summed E-state index contributed by atoms with van der Waals surface area (Å²) in [5.74, 6) is 1.36. The van der Waals surface area contributed by atoms with E-state index in [9.17, 15) is 10.2 Å². The summed E-state index contributed by atoms with van der Waals surface area (Å²) in [5.41, 5.74) is 0.00994. The van der Waals surface area contributed by atoms with Crippen molar-refractivity contribution in [3.8, 4) is 0 Å². The molecule has 0 radical (unpaired) electrons. The maximum atomic E-state index is 10.9. The Kier molecular flexibility index (Phi) is 4.31. The lowest BCUT2D eigenvalue weighted by Crippen LogP contribution is -2.64. The van der Waals surface area contributed by atoms with E-state index < -0.39 is 5.60 Å². The molecule has 3 heteroatoms. The average Bonchev–Trinajstić information content (AvgIpc) is 2.42. The van der Waals surface area contributed by atoms with Crippen LogP contribution in [0.4, 0.5) is 0 Å². The van der Waals surface area contributed by atoms with Crippen molar-refractivity contribution in [2.45, 2.75) is 83.6 Å². The van der Waals surface area contributed by atoms with Gasteiger partial charge in [0, 0.05) is 17.4 Å². The van der Waals surface area contributed by atoms with Crippen LogP contribution in [-0.4, -0.2) is 27.2 Å². The fraction of sp³-hybridized carbons (Fsp3) is 1.00. The van der Waals surface area contributed by atoms with Crippen molar-refractivity contribution in [3.05, 3.63) is 0 Å². The number of hydrogen-bond donors (Lipinski definition) is 2. The molecule has 3 aliphatic carbocycles. The summed E-state index contributed by atoms with van der Waals surface area (Å²) in [6.45, 7) is 11.8. The fourth-order valence-corrected chi connectivity index (χ4v) is 7.90. The van der Waals surface area contributed by atoms with E-state index in [-0.39, 0.29) is 17.9 Å². The molecule has 0 saturated heterocycles. The lowest BCUT2D eigenvalue weighted by Gasteiger charge is -2.68. The highest BCUT2D eigenvalue weighted by Gasteiger charge is 2.64. The van der Waals surface area contributed by atoms with Gasteiger partial charge in [-0.05, 0) is 73.5 Å². The van der Waals surface area contributed by atoms with Gasteiger partial charge in [0.05, 0.1) is 5.60 Å². The molecule has 3 saturated carbocycles. The summed E-state index contributed by atoms with van der Waals surface area (Å²) in [5, 5.41) is 21.0. The Morgan fingerprint density at radius 2 is 1.43 bits per heavy atom. The second kappa shape index (κ2) is 5.45. The predicted molar refractivity (Wildman–Crippen MR) is 98.6 cm³/mol. The number of fused-ring (bicyclic) bond motifs is 3. The van der Waals surface area contributed by atoms with Gasteiger partial charge in [-0.25, -0.2) is 0 Å². The number of aliphatic hydroxyl groups excluding tert-OH is 1. The van der Waals surface area contributed by atoms with E-state index in [1.54, 1.807) is 0 Å². The summed E-state index contributed by atoms with van der Waals surface area (Å²) in [7, 11) is 0. The Bertz CT molecular complexity index is 474. The lowest BCUT2D eigenvalue weighted by atomic mass is 9.38. The van der Waals surface area contributed by atoms with Crippen molar-refractivity contribution in [2.24, 2.45) is 34.0 Å². The molecule has 0 amide bonds. The number of alkyl halides is 1. The van der Waals surface area contributed by atoms with Gasteiger partial charge in [0.15, 0.2) is 0 Å². The highest BCUT2D eigenvalue weighted by molar-refractivity contribution is 9.09. The first-order chi connectivity index (χ1) is 10.5. The normalized spacial score (nSPS) is 55.8. The van der Waals surface area contributed by atoms with E-state index >= 15 is 0 Å². The van der Waals surface area contributed by atoms with E-state index in [2.05, 4.69) is 43.6 Å². The second-order valence-corrected chi connectivity index (χ2v) is 11.2. The molecule has 0 bridgehead atoms. The van der Waals surface area contributed by atoms with Crippen LogP contribution in [-0.2, 0) is 0 Å². The quantitative estimate of drug-likeness (QED) is 0.637. The van der Waals surface area contributed by atoms with Gasteiger partial charge in [-0.1, -0.05) is 43.6 Å². The Labute approximate surface area is 150 Å². The minimum Gasteiger partial charge on any atom is -0.396 e. The zero-order valence-corrected chi connectivity index (χ0v) is 17.1. The third-order valence-corrected chi connectivity index (χ3v) is 10.3. The van der Waals surface area contributed by atoms with E-state index in [0.29, 0.717) is 21.6 Å². The van der Waals surface area contributed by atoms with Gasteiger partial charge in [-0.2, -0.15) is 0 Å². The first-order valence-electron chi connectivity index (χ1n) is 9.47. The maximum absolute atomic E-state index is 10.9. The molecule has 134 valence electrons. The lowest BCUT2D eigenvalue weighted by molar-refractivity contribution is -0.215. The highest BCUT2D eigenvalue weighted by atomic mass is 79.9. The van der Waals surface area contributed by atoms with Crippen LogP contribution in [0.15, 0.2) is 0 Å². The molecule has 7 atom stereocenters. The fourth-order valence-electron chi connectivity index (χ4n) is 7.36. The minimum atomic E-state index is -0.717. The van der Waals surface area contributed by atoms with Crippen LogP contribution >= 0.6 is 15.9 Å². The molecule has 2 nitrogen and oxygen atoms in total. The van der Waals surface area contributed by atoms with E-state index in [4.69, 9.17) is 0 Å². The van der Waals surface area contributed by atoms with Crippen LogP contribution in [0.1, 0.15) is 73.1 Å². The van der Waals surface area contributed by atoms with Crippen molar-refractivity contribution in [1.82, 2.24) is 0 Å². The standard InChI is InChI=1S/C20H35BrO2/c1-17(2)13-6-9-19(4)14(18(13,3)10-8-16(17)21)7-11-20(5,23)15(19)12-22/h13-16,22-23H,6-12H2,1-5H3/t13?,14-,15+,16-,18-,19-,20+/m0/s1. The van der Waals surface area contributed by atoms with Crippen molar-refractivity contribution in [3.63, 3.8) is 0 Å². The molecule has 23 heavy (non-hydrogen) atoms. The summed E-state index contributed by atoms with van der Waals surface area (Å²) < 4.78 is 0. The van der Waals surface area contributed by atoms with Crippen LogP contribution in [0, 0.1) is 34.0 Å². The molecule has 0 spiro atoms. The summed E-state index contributed by atoms with van der Waals surface area (Å²) in [6.07, 6.45) is 6.83. The second-order valence-electron chi connectivity index (χ2n) is 10.1. The highest BCUT2D eigenvalue weighted by Crippen LogP contribution is 2.70. The summed E-state index contributed by atoms with van der Waals surface area (Å²) in [6, 6.07) is 0. The van der Waals surface area contributed by atoms with Crippen molar-refractivity contribution < 1.29 is 10.2 Å². The van der Waals surface area contributed by atoms with Crippen LogP contribution in [0.3, 0.4) is 0 Å². The van der Waals surface area contributed by atoms with Crippen LogP contribution in [0.25, 0.3) is 0 Å². The molecule has 0 heterocycles. The molecule has 0 aliphatic heterocycles. The van der Waals surface area contributed by atoms with E-state index in [1.165, 1.54) is 19.3 Å². The monoisotopic (exact) mass is 386 g/mol. The molecule has 0 aromatic carbocycles. The average molecular weight is 387 g/mol.